The molecule has 2 aromatic carbocycles. The van der Waals surface area contributed by atoms with Crippen molar-refractivity contribution >= 4 is 11.6 Å². The van der Waals surface area contributed by atoms with Gasteiger partial charge in [0.05, 0.1) is 17.9 Å². The molecule has 1 N–H and O–H groups in total. The number of amides is 1. The third-order valence-corrected chi connectivity index (χ3v) is 5.77. The quantitative estimate of drug-likeness (QED) is 0.866. The molecule has 0 radical (unpaired) electrons. The number of nitriles is 1. The molecule has 0 aliphatic heterocycles. The molecule has 26 heavy (non-hydrogen) atoms. The number of halogens is 2. The van der Waals surface area contributed by atoms with Gasteiger partial charge in [0, 0.05) is 16.8 Å². The van der Waals surface area contributed by atoms with Crippen LogP contribution in [-0.4, -0.2) is 5.91 Å². The van der Waals surface area contributed by atoms with Gasteiger partial charge in [-0.15, -0.1) is 0 Å². The fourth-order valence-corrected chi connectivity index (χ4v) is 4.57. The van der Waals surface area contributed by atoms with E-state index in [4.69, 9.17) is 0 Å². The van der Waals surface area contributed by atoms with Gasteiger partial charge in [0.1, 0.15) is 11.6 Å². The molecule has 2 aliphatic carbocycles. The zero-order chi connectivity index (χ0) is 18.3. The molecular formula is C21H18F2N2O. The number of rotatable bonds is 3. The van der Waals surface area contributed by atoms with Crippen LogP contribution in [-0.2, 0) is 4.79 Å². The van der Waals surface area contributed by atoms with Crippen molar-refractivity contribution in [1.82, 2.24) is 0 Å². The van der Waals surface area contributed by atoms with E-state index >= 15 is 0 Å². The Morgan fingerprint density at radius 1 is 1.04 bits per heavy atom. The summed E-state index contributed by atoms with van der Waals surface area (Å²) in [6.45, 7) is 0. The molecule has 0 aromatic heterocycles. The molecule has 2 aliphatic rings. The van der Waals surface area contributed by atoms with E-state index in [0.29, 0.717) is 11.6 Å². The van der Waals surface area contributed by atoms with Gasteiger partial charge in [-0.3, -0.25) is 4.79 Å². The monoisotopic (exact) mass is 352 g/mol. The van der Waals surface area contributed by atoms with E-state index in [1.807, 2.05) is 0 Å². The standard InChI is InChI=1S/C21H18F2N2O/c22-18-4-2-1-3-15(18)16-8-7-14(10-19(16)23)25-21(26)20-13-6-5-12(9-13)17(20)11-24/h1-4,7-8,10,12-13,17,20H,5-6,9H2,(H,25,26)/t12-,13+,17?,20-/m0/s1. The lowest BCUT2D eigenvalue weighted by Gasteiger charge is -2.25. The normalized spacial score (nSPS) is 26.5. The minimum atomic E-state index is -0.599. The predicted molar refractivity (Wildman–Crippen MR) is 93.8 cm³/mol. The maximum atomic E-state index is 14.5. The van der Waals surface area contributed by atoms with Gasteiger partial charge in [0.25, 0.3) is 0 Å². The van der Waals surface area contributed by atoms with Crippen LogP contribution in [0.25, 0.3) is 11.1 Å². The second-order valence-electron chi connectivity index (χ2n) is 7.18. The Morgan fingerprint density at radius 2 is 1.77 bits per heavy atom. The second-order valence-corrected chi connectivity index (χ2v) is 7.18. The van der Waals surface area contributed by atoms with Crippen LogP contribution in [0.5, 0.6) is 0 Å². The predicted octanol–water partition coefficient (Wildman–Crippen LogP) is 4.76. The lowest BCUT2D eigenvalue weighted by Crippen LogP contribution is -2.33. The van der Waals surface area contributed by atoms with E-state index < -0.39 is 11.6 Å². The Morgan fingerprint density at radius 3 is 2.50 bits per heavy atom. The Hall–Kier alpha value is -2.74. The van der Waals surface area contributed by atoms with Gasteiger partial charge < -0.3 is 5.32 Å². The van der Waals surface area contributed by atoms with Gasteiger partial charge in [-0.05, 0) is 55.4 Å². The lowest BCUT2D eigenvalue weighted by atomic mass is 9.79. The van der Waals surface area contributed by atoms with Crippen molar-refractivity contribution in [3.63, 3.8) is 0 Å². The lowest BCUT2D eigenvalue weighted by molar-refractivity contribution is -0.122. The minimum Gasteiger partial charge on any atom is -0.326 e. The summed E-state index contributed by atoms with van der Waals surface area (Å²) < 4.78 is 28.3. The van der Waals surface area contributed by atoms with Gasteiger partial charge in [0.2, 0.25) is 5.91 Å². The van der Waals surface area contributed by atoms with E-state index in [-0.39, 0.29) is 34.8 Å². The third kappa shape index (κ3) is 2.76. The first-order valence-electron chi connectivity index (χ1n) is 8.83. The van der Waals surface area contributed by atoms with Crippen molar-refractivity contribution in [2.24, 2.45) is 23.7 Å². The Kier molecular flexibility index (Phi) is 4.20. The van der Waals surface area contributed by atoms with Crippen LogP contribution in [0.4, 0.5) is 14.5 Å². The van der Waals surface area contributed by atoms with E-state index in [1.165, 1.54) is 24.3 Å². The van der Waals surface area contributed by atoms with E-state index in [0.717, 1.165) is 19.3 Å². The van der Waals surface area contributed by atoms with E-state index in [1.54, 1.807) is 18.2 Å². The van der Waals surface area contributed by atoms with Crippen molar-refractivity contribution in [3.8, 4) is 17.2 Å². The highest BCUT2D eigenvalue weighted by Gasteiger charge is 2.51. The Balaban J connectivity index is 1.55. The first-order valence-corrected chi connectivity index (χ1v) is 8.83. The molecule has 0 heterocycles. The van der Waals surface area contributed by atoms with Crippen molar-refractivity contribution < 1.29 is 13.6 Å². The first-order chi connectivity index (χ1) is 12.6. The smallest absolute Gasteiger partial charge is 0.229 e. The summed E-state index contributed by atoms with van der Waals surface area (Å²) in [6, 6.07) is 12.5. The van der Waals surface area contributed by atoms with E-state index in [9.17, 15) is 18.8 Å². The first kappa shape index (κ1) is 16.7. The van der Waals surface area contributed by atoms with Gasteiger partial charge in [-0.25, -0.2) is 8.78 Å². The zero-order valence-electron chi connectivity index (χ0n) is 14.1. The number of carbonyl (C=O) groups is 1. The fraction of sp³-hybridized carbons (Fsp3) is 0.333. The van der Waals surface area contributed by atoms with Crippen molar-refractivity contribution in [2.45, 2.75) is 19.3 Å². The summed E-state index contributed by atoms with van der Waals surface area (Å²) in [6.07, 6.45) is 2.91. The van der Waals surface area contributed by atoms with Crippen molar-refractivity contribution in [1.29, 1.82) is 5.26 Å². The zero-order valence-corrected chi connectivity index (χ0v) is 14.1. The van der Waals surface area contributed by atoms with Crippen LogP contribution in [0.2, 0.25) is 0 Å². The number of nitrogens with one attached hydrogen (secondary N) is 1. The molecule has 2 fully saturated rings. The summed E-state index contributed by atoms with van der Waals surface area (Å²) in [5, 5.41) is 12.1. The highest BCUT2D eigenvalue weighted by Crippen LogP contribution is 2.52. The average Bonchev–Trinajstić information content (AvgIpc) is 3.23. The highest BCUT2D eigenvalue weighted by molar-refractivity contribution is 5.93. The summed E-state index contributed by atoms with van der Waals surface area (Å²) in [4.78, 5) is 12.6. The van der Waals surface area contributed by atoms with Crippen molar-refractivity contribution in [3.05, 3.63) is 54.1 Å². The highest BCUT2D eigenvalue weighted by atomic mass is 19.1. The molecule has 1 unspecified atom stereocenters. The van der Waals surface area contributed by atoms with Crippen LogP contribution in [0.15, 0.2) is 42.5 Å². The molecule has 0 saturated heterocycles. The second kappa shape index (κ2) is 6.53. The Labute approximate surface area is 150 Å². The summed E-state index contributed by atoms with van der Waals surface area (Å²) in [5.41, 5.74) is 0.656. The molecule has 132 valence electrons. The number of benzene rings is 2. The van der Waals surface area contributed by atoms with Gasteiger partial charge in [0.15, 0.2) is 0 Å². The summed E-state index contributed by atoms with van der Waals surface area (Å²) >= 11 is 0. The fourth-order valence-electron chi connectivity index (χ4n) is 4.57. The summed E-state index contributed by atoms with van der Waals surface area (Å²) in [5.74, 6) is -1.35. The van der Waals surface area contributed by atoms with Crippen LogP contribution in [0, 0.1) is 46.6 Å². The van der Waals surface area contributed by atoms with Crippen molar-refractivity contribution in [2.75, 3.05) is 5.32 Å². The van der Waals surface area contributed by atoms with Crippen LogP contribution >= 0.6 is 0 Å². The molecule has 2 bridgehead atoms. The maximum absolute atomic E-state index is 14.5. The van der Waals surface area contributed by atoms with Gasteiger partial charge in [-0.2, -0.15) is 5.26 Å². The Bertz CT molecular complexity index is 905. The number of anilines is 1. The van der Waals surface area contributed by atoms with E-state index in [2.05, 4.69) is 11.4 Å². The molecular weight excluding hydrogens is 334 g/mol. The van der Waals surface area contributed by atoms with Crippen LogP contribution in [0.1, 0.15) is 19.3 Å². The SMILES string of the molecule is N#CC1[C@H]2CC[C@H](C2)[C@@H]1C(=O)Nc1ccc(-c2ccccc2F)c(F)c1. The minimum absolute atomic E-state index is 0.149. The molecule has 2 saturated carbocycles. The number of fused-ring (bicyclic) bond motifs is 2. The van der Waals surface area contributed by atoms with Crippen LogP contribution < -0.4 is 5.32 Å². The number of nitrogens with zero attached hydrogens (tertiary/aromatic N) is 1. The average molecular weight is 352 g/mol. The topological polar surface area (TPSA) is 52.9 Å². The number of carbonyl (C=O) groups excluding carboxylic acids is 1. The van der Waals surface area contributed by atoms with Crippen LogP contribution in [0.3, 0.4) is 0 Å². The van der Waals surface area contributed by atoms with Gasteiger partial charge in [-0.1, -0.05) is 18.2 Å². The number of hydrogen-bond acceptors (Lipinski definition) is 2. The molecule has 2 aromatic rings. The third-order valence-electron chi connectivity index (χ3n) is 5.77. The molecule has 1 amide bonds. The molecule has 4 rings (SSSR count). The summed E-state index contributed by atoms with van der Waals surface area (Å²) in [7, 11) is 0. The number of hydrogen-bond donors (Lipinski definition) is 1. The van der Waals surface area contributed by atoms with Gasteiger partial charge >= 0.3 is 0 Å². The largest absolute Gasteiger partial charge is 0.326 e. The molecule has 4 atom stereocenters. The molecule has 0 spiro atoms. The molecule has 5 heteroatoms. The molecule has 3 nitrogen and oxygen atoms in total. The maximum Gasteiger partial charge on any atom is 0.229 e.